The van der Waals surface area contributed by atoms with Gasteiger partial charge in [0, 0.05) is 32.3 Å². The number of fused-ring (bicyclic) bond motifs is 1. The molecule has 2 heterocycles. The molecule has 2 nitrogen and oxygen atoms in total. The predicted octanol–water partition coefficient (Wildman–Crippen LogP) is 7.10. The van der Waals surface area contributed by atoms with Crippen molar-refractivity contribution in [3.63, 3.8) is 0 Å². The number of benzene rings is 2. The van der Waals surface area contributed by atoms with Gasteiger partial charge >= 0.3 is 0 Å². The Kier molecular flexibility index (Phi) is 5.14. The van der Waals surface area contributed by atoms with Crippen LogP contribution in [0.5, 0.6) is 0 Å². The molecule has 4 aromatic rings. The third kappa shape index (κ3) is 3.45. The van der Waals surface area contributed by atoms with Gasteiger partial charge in [0.25, 0.3) is 0 Å². The molecule has 0 atom stereocenters. The molecule has 0 unspecified atom stereocenters. The fraction of sp³-hybridized carbons (Fsp3) is 0.0526. The van der Waals surface area contributed by atoms with Gasteiger partial charge in [-0.25, -0.2) is 14.4 Å². The van der Waals surface area contributed by atoms with Crippen molar-refractivity contribution < 1.29 is 4.39 Å². The van der Waals surface area contributed by atoms with Crippen molar-refractivity contribution in [2.24, 2.45) is 0 Å². The Morgan fingerprint density at radius 3 is 2.62 bits per heavy atom. The number of rotatable bonds is 4. The molecule has 0 aliphatic heterocycles. The number of nitrogens with zero attached hydrogens (tertiary/aromatic N) is 2. The van der Waals surface area contributed by atoms with Crippen LogP contribution in [0.2, 0.25) is 10.0 Å². The maximum atomic E-state index is 14.0. The van der Waals surface area contributed by atoms with E-state index in [1.165, 1.54) is 24.2 Å². The summed E-state index contributed by atoms with van der Waals surface area (Å²) in [6.45, 7) is 0. The van der Waals surface area contributed by atoms with E-state index in [1.54, 1.807) is 23.5 Å². The number of aromatic nitrogens is 2. The molecule has 2 aromatic heterocycles. The highest BCUT2D eigenvalue weighted by molar-refractivity contribution is 7.98. The van der Waals surface area contributed by atoms with E-state index in [9.17, 15) is 4.39 Å². The van der Waals surface area contributed by atoms with E-state index in [0.29, 0.717) is 21.4 Å². The largest absolute Gasteiger partial charge is 0.229 e. The predicted molar refractivity (Wildman–Crippen MR) is 109 cm³/mol. The van der Waals surface area contributed by atoms with Crippen LogP contribution >= 0.6 is 46.3 Å². The van der Waals surface area contributed by atoms with Crippen LogP contribution < -0.4 is 0 Å². The van der Waals surface area contributed by atoms with Crippen molar-refractivity contribution in [3.05, 3.63) is 75.6 Å². The molecular weight excluding hydrogens is 410 g/mol. The van der Waals surface area contributed by atoms with Crippen LogP contribution in [0, 0.1) is 5.82 Å². The first-order chi connectivity index (χ1) is 12.6. The molecule has 2 aromatic carbocycles. The molecule has 7 heteroatoms. The summed E-state index contributed by atoms with van der Waals surface area (Å²) in [4.78, 5) is 9.68. The number of thiophene rings is 1. The lowest BCUT2D eigenvalue weighted by molar-refractivity contribution is 0.617. The minimum absolute atomic E-state index is 0.307. The summed E-state index contributed by atoms with van der Waals surface area (Å²) in [5.74, 6) is 0.0894. The molecule has 0 saturated heterocycles. The normalized spacial score (nSPS) is 11.2. The number of halogens is 3. The summed E-state index contributed by atoms with van der Waals surface area (Å²) >= 11 is 15.1. The second-order valence-electron chi connectivity index (χ2n) is 5.50. The van der Waals surface area contributed by atoms with E-state index >= 15 is 0 Å². The van der Waals surface area contributed by atoms with Gasteiger partial charge in [0.1, 0.15) is 22.0 Å². The number of thioether (sulfide) groups is 1. The van der Waals surface area contributed by atoms with Crippen LogP contribution in [-0.2, 0) is 5.75 Å². The van der Waals surface area contributed by atoms with Crippen molar-refractivity contribution in [2.45, 2.75) is 10.8 Å². The minimum atomic E-state index is -0.307. The highest BCUT2D eigenvalue weighted by atomic mass is 35.5. The highest BCUT2D eigenvalue weighted by Crippen LogP contribution is 2.39. The van der Waals surface area contributed by atoms with Gasteiger partial charge in [-0.2, -0.15) is 0 Å². The van der Waals surface area contributed by atoms with Crippen molar-refractivity contribution in [2.75, 3.05) is 0 Å². The summed E-state index contributed by atoms with van der Waals surface area (Å²) in [7, 11) is 0. The fourth-order valence-electron chi connectivity index (χ4n) is 2.61. The van der Waals surface area contributed by atoms with Crippen molar-refractivity contribution >= 4 is 56.5 Å². The maximum Gasteiger partial charge on any atom is 0.128 e. The lowest BCUT2D eigenvalue weighted by Gasteiger charge is -2.07. The van der Waals surface area contributed by atoms with Gasteiger partial charge < -0.3 is 0 Å². The van der Waals surface area contributed by atoms with Crippen LogP contribution in [0.4, 0.5) is 4.39 Å². The summed E-state index contributed by atoms with van der Waals surface area (Å²) in [6, 6.07) is 12.4. The fourth-order valence-corrected chi connectivity index (χ4v) is 5.07. The lowest BCUT2D eigenvalue weighted by Crippen LogP contribution is -1.91. The molecule has 0 amide bonds. The lowest BCUT2D eigenvalue weighted by atomic mass is 10.1. The Balaban J connectivity index is 1.74. The molecule has 4 rings (SSSR count). The highest BCUT2D eigenvalue weighted by Gasteiger charge is 2.15. The Morgan fingerprint density at radius 1 is 1.04 bits per heavy atom. The van der Waals surface area contributed by atoms with Gasteiger partial charge in [-0.1, -0.05) is 41.4 Å². The minimum Gasteiger partial charge on any atom is -0.229 e. The van der Waals surface area contributed by atoms with E-state index in [0.717, 1.165) is 26.4 Å². The summed E-state index contributed by atoms with van der Waals surface area (Å²) in [5, 5.41) is 4.94. The molecule has 0 N–H and O–H groups in total. The first kappa shape index (κ1) is 17.7. The molecule has 0 aliphatic carbocycles. The average molecular weight is 421 g/mol. The number of hydrogen-bond acceptors (Lipinski definition) is 4. The van der Waals surface area contributed by atoms with Crippen LogP contribution in [0.1, 0.15) is 5.56 Å². The molecule has 0 radical (unpaired) electrons. The third-order valence-corrected chi connectivity index (χ3v) is 6.41. The van der Waals surface area contributed by atoms with Gasteiger partial charge in [-0.05, 0) is 29.8 Å². The Hall–Kier alpha value is -1.66. The van der Waals surface area contributed by atoms with E-state index < -0.39 is 0 Å². The zero-order valence-electron chi connectivity index (χ0n) is 13.2. The third-order valence-electron chi connectivity index (χ3n) is 3.91. The molecule has 130 valence electrons. The standard InChI is InChI=1S/C19H11Cl2FN2S2/c20-12-6-4-11(5-7-12)13-8-25-18-17(13)19(24-10-23-18)26-9-14-15(21)2-1-3-16(14)22/h1-8,10H,9H2. The Labute approximate surface area is 168 Å². The zero-order valence-corrected chi connectivity index (χ0v) is 16.4. The summed E-state index contributed by atoms with van der Waals surface area (Å²) < 4.78 is 14.0. The molecule has 0 fully saturated rings. The molecule has 26 heavy (non-hydrogen) atoms. The monoisotopic (exact) mass is 420 g/mol. The van der Waals surface area contributed by atoms with E-state index in [-0.39, 0.29) is 5.82 Å². The maximum absolute atomic E-state index is 14.0. The van der Waals surface area contributed by atoms with Crippen molar-refractivity contribution in [1.82, 2.24) is 9.97 Å². The van der Waals surface area contributed by atoms with Crippen molar-refractivity contribution in [1.29, 1.82) is 0 Å². The van der Waals surface area contributed by atoms with Gasteiger partial charge in [0.15, 0.2) is 0 Å². The van der Waals surface area contributed by atoms with E-state index in [1.807, 2.05) is 24.3 Å². The average Bonchev–Trinajstić information content (AvgIpc) is 3.07. The smallest absolute Gasteiger partial charge is 0.128 e. The van der Waals surface area contributed by atoms with Gasteiger partial charge in [0.05, 0.1) is 5.39 Å². The summed E-state index contributed by atoms with van der Waals surface area (Å²) in [5.41, 5.74) is 2.57. The number of hydrogen-bond donors (Lipinski definition) is 0. The summed E-state index contributed by atoms with van der Waals surface area (Å²) in [6.07, 6.45) is 1.54. The van der Waals surface area contributed by atoms with Gasteiger partial charge in [-0.15, -0.1) is 23.1 Å². The van der Waals surface area contributed by atoms with Gasteiger partial charge in [-0.3, -0.25) is 0 Å². The SMILES string of the molecule is Fc1cccc(Cl)c1CSc1ncnc2scc(-c3ccc(Cl)cc3)c12. The second kappa shape index (κ2) is 7.53. The van der Waals surface area contributed by atoms with Crippen LogP contribution in [0.15, 0.2) is 59.2 Å². The first-order valence-electron chi connectivity index (χ1n) is 7.67. The van der Waals surface area contributed by atoms with E-state index in [2.05, 4.69) is 15.3 Å². The second-order valence-corrected chi connectivity index (χ2v) is 8.17. The van der Waals surface area contributed by atoms with Crippen LogP contribution in [-0.4, -0.2) is 9.97 Å². The van der Waals surface area contributed by atoms with Crippen molar-refractivity contribution in [3.8, 4) is 11.1 Å². The Bertz CT molecular complexity index is 1060. The quantitative estimate of drug-likeness (QED) is 0.260. The van der Waals surface area contributed by atoms with Crippen LogP contribution in [0.25, 0.3) is 21.3 Å². The first-order valence-corrected chi connectivity index (χ1v) is 10.3. The Morgan fingerprint density at radius 2 is 1.85 bits per heavy atom. The molecular formula is C19H11Cl2FN2S2. The topological polar surface area (TPSA) is 25.8 Å². The zero-order chi connectivity index (χ0) is 18.1. The van der Waals surface area contributed by atoms with Crippen LogP contribution in [0.3, 0.4) is 0 Å². The molecule has 0 saturated carbocycles. The molecule has 0 spiro atoms. The van der Waals surface area contributed by atoms with Gasteiger partial charge in [0.2, 0.25) is 0 Å². The van der Waals surface area contributed by atoms with E-state index in [4.69, 9.17) is 23.2 Å². The molecule has 0 bridgehead atoms. The molecule has 0 aliphatic rings.